The lowest BCUT2D eigenvalue weighted by atomic mass is 10.0. The summed E-state index contributed by atoms with van der Waals surface area (Å²) in [6.07, 6.45) is 0.425. The molecule has 0 saturated carbocycles. The first-order valence-corrected chi connectivity index (χ1v) is 7.81. The molecule has 0 aromatic carbocycles. The van der Waals surface area contributed by atoms with Crippen LogP contribution in [-0.4, -0.2) is 60.4 Å². The van der Waals surface area contributed by atoms with Gasteiger partial charge in [0.25, 0.3) is 5.91 Å². The van der Waals surface area contributed by atoms with Crippen molar-refractivity contribution in [2.24, 2.45) is 5.92 Å². The number of hydrogen-bond donors (Lipinski definition) is 3. The van der Waals surface area contributed by atoms with Gasteiger partial charge >= 0.3 is 0 Å². The monoisotopic (exact) mass is 314 g/mol. The number of amides is 1. The molecular weight excluding hydrogens is 292 g/mol. The fraction of sp³-hybridized carbons (Fsp3) is 0.692. The van der Waals surface area contributed by atoms with E-state index in [9.17, 15) is 9.90 Å². The van der Waals surface area contributed by atoms with Crippen molar-refractivity contribution in [2.45, 2.75) is 19.4 Å². The summed E-state index contributed by atoms with van der Waals surface area (Å²) in [4.78, 5) is 18.8. The maximum absolute atomic E-state index is 12.5. The van der Waals surface area contributed by atoms with E-state index in [1.54, 1.807) is 18.9 Å². The average molecular weight is 314 g/mol. The van der Waals surface area contributed by atoms with Crippen LogP contribution >= 0.6 is 11.3 Å². The summed E-state index contributed by atoms with van der Waals surface area (Å²) in [6.45, 7) is 4.16. The van der Waals surface area contributed by atoms with Crippen molar-refractivity contribution in [3.63, 3.8) is 0 Å². The number of ether oxygens (including phenoxy) is 1. The molecule has 8 heteroatoms. The molecule has 1 aliphatic heterocycles. The third-order valence-electron chi connectivity index (χ3n) is 3.62. The highest BCUT2D eigenvalue weighted by Gasteiger charge is 2.31. The number of aromatic nitrogens is 1. The van der Waals surface area contributed by atoms with Crippen molar-refractivity contribution in [3.8, 4) is 0 Å². The molecule has 1 saturated heterocycles. The van der Waals surface area contributed by atoms with E-state index in [0.29, 0.717) is 36.2 Å². The number of likely N-dealkylation sites (tertiary alicyclic amines) is 1. The standard InChI is InChI=1S/C13H22N4O3S/c1-8(18)9-3-5-17(7-9)12(19)10-11(14)16-13(21-10)15-4-6-20-2/h8-9,18H,3-7,14H2,1-2H3,(H,15,16). The number of nitrogens with two attached hydrogens (primary N) is 1. The number of nitrogen functional groups attached to an aromatic ring is 1. The Kier molecular flexibility index (Phi) is 5.38. The minimum absolute atomic E-state index is 0.104. The molecule has 0 radical (unpaired) electrons. The topological polar surface area (TPSA) is 101 Å². The predicted molar refractivity (Wildman–Crippen MR) is 82.6 cm³/mol. The van der Waals surface area contributed by atoms with Gasteiger partial charge in [0.2, 0.25) is 0 Å². The van der Waals surface area contributed by atoms with E-state index in [0.717, 1.165) is 6.42 Å². The summed E-state index contributed by atoms with van der Waals surface area (Å²) in [5.74, 6) is 0.292. The summed E-state index contributed by atoms with van der Waals surface area (Å²) in [6, 6.07) is 0. The molecule has 2 rings (SSSR count). The summed E-state index contributed by atoms with van der Waals surface area (Å²) in [5, 5.41) is 13.3. The SMILES string of the molecule is COCCNc1nc(N)c(C(=O)N2CCC(C(C)O)C2)s1. The number of anilines is 2. The van der Waals surface area contributed by atoms with Gasteiger partial charge in [0.15, 0.2) is 5.13 Å². The Balaban J connectivity index is 1.99. The molecule has 21 heavy (non-hydrogen) atoms. The van der Waals surface area contributed by atoms with Crippen LogP contribution in [0.15, 0.2) is 0 Å². The van der Waals surface area contributed by atoms with Gasteiger partial charge in [0.05, 0.1) is 12.7 Å². The second-order valence-electron chi connectivity index (χ2n) is 5.19. The smallest absolute Gasteiger partial charge is 0.267 e. The first-order valence-electron chi connectivity index (χ1n) is 6.99. The molecule has 0 spiro atoms. The molecule has 0 bridgehead atoms. The lowest BCUT2D eigenvalue weighted by Gasteiger charge is -2.16. The van der Waals surface area contributed by atoms with Crippen LogP contribution in [0, 0.1) is 5.92 Å². The molecule has 2 atom stereocenters. The lowest BCUT2D eigenvalue weighted by Crippen LogP contribution is -2.30. The summed E-state index contributed by atoms with van der Waals surface area (Å²) in [7, 11) is 1.62. The molecular formula is C13H22N4O3S. The molecule has 2 unspecified atom stereocenters. The number of aliphatic hydroxyl groups is 1. The molecule has 1 aliphatic rings. The van der Waals surface area contributed by atoms with Crippen LogP contribution in [0.4, 0.5) is 10.9 Å². The number of nitrogens with one attached hydrogen (secondary N) is 1. The second kappa shape index (κ2) is 7.06. The summed E-state index contributed by atoms with van der Waals surface area (Å²) < 4.78 is 4.95. The molecule has 4 N–H and O–H groups in total. The van der Waals surface area contributed by atoms with Gasteiger partial charge in [0.1, 0.15) is 10.7 Å². The van der Waals surface area contributed by atoms with Gasteiger partial charge in [-0.1, -0.05) is 11.3 Å². The molecule has 7 nitrogen and oxygen atoms in total. The fourth-order valence-corrected chi connectivity index (χ4v) is 3.21. The Hall–Kier alpha value is -1.38. The van der Waals surface area contributed by atoms with Crippen LogP contribution < -0.4 is 11.1 Å². The van der Waals surface area contributed by atoms with Gasteiger partial charge < -0.3 is 25.8 Å². The Morgan fingerprint density at radius 1 is 1.71 bits per heavy atom. The molecule has 1 fully saturated rings. The van der Waals surface area contributed by atoms with Crippen molar-refractivity contribution >= 4 is 28.2 Å². The Labute approximate surface area is 128 Å². The van der Waals surface area contributed by atoms with Gasteiger partial charge in [-0.2, -0.15) is 0 Å². The largest absolute Gasteiger partial charge is 0.393 e. The number of rotatable bonds is 6. The molecule has 0 aliphatic carbocycles. The third-order valence-corrected chi connectivity index (χ3v) is 4.64. The molecule has 2 heterocycles. The van der Waals surface area contributed by atoms with Gasteiger partial charge in [-0.3, -0.25) is 4.79 Å². The number of carbonyl (C=O) groups is 1. The molecule has 1 aromatic heterocycles. The van der Waals surface area contributed by atoms with Crippen LogP contribution in [0.25, 0.3) is 0 Å². The van der Waals surface area contributed by atoms with Crippen molar-refractivity contribution in [3.05, 3.63) is 4.88 Å². The molecule has 1 aromatic rings. The van der Waals surface area contributed by atoms with Crippen molar-refractivity contribution < 1.29 is 14.6 Å². The Morgan fingerprint density at radius 3 is 3.10 bits per heavy atom. The minimum Gasteiger partial charge on any atom is -0.393 e. The number of hydrogen-bond acceptors (Lipinski definition) is 7. The predicted octanol–water partition coefficient (Wildman–Crippen LogP) is 0.627. The van der Waals surface area contributed by atoms with E-state index >= 15 is 0 Å². The molecule has 1 amide bonds. The van der Waals surface area contributed by atoms with Crippen LogP contribution in [0.3, 0.4) is 0 Å². The van der Waals surface area contributed by atoms with Crippen LogP contribution in [0.2, 0.25) is 0 Å². The number of methoxy groups -OCH3 is 1. The number of thiazole rings is 1. The zero-order valence-corrected chi connectivity index (χ0v) is 13.2. The number of carbonyl (C=O) groups excluding carboxylic acids is 1. The maximum atomic E-state index is 12.5. The summed E-state index contributed by atoms with van der Waals surface area (Å²) in [5.41, 5.74) is 5.84. The van der Waals surface area contributed by atoms with Crippen LogP contribution in [0.5, 0.6) is 0 Å². The van der Waals surface area contributed by atoms with E-state index in [2.05, 4.69) is 10.3 Å². The minimum atomic E-state index is -0.395. The van der Waals surface area contributed by atoms with Crippen LogP contribution in [-0.2, 0) is 4.74 Å². The van der Waals surface area contributed by atoms with E-state index in [1.807, 2.05) is 0 Å². The zero-order valence-electron chi connectivity index (χ0n) is 12.3. The average Bonchev–Trinajstić information content (AvgIpc) is 3.05. The quantitative estimate of drug-likeness (QED) is 0.666. The third kappa shape index (κ3) is 3.84. The molecule has 118 valence electrons. The zero-order chi connectivity index (χ0) is 15.4. The van der Waals surface area contributed by atoms with E-state index in [-0.39, 0.29) is 17.6 Å². The summed E-state index contributed by atoms with van der Waals surface area (Å²) >= 11 is 1.26. The van der Waals surface area contributed by atoms with Gasteiger partial charge in [-0.05, 0) is 13.3 Å². The normalized spacial score (nSPS) is 19.8. The van der Waals surface area contributed by atoms with E-state index < -0.39 is 6.10 Å². The maximum Gasteiger partial charge on any atom is 0.267 e. The van der Waals surface area contributed by atoms with Crippen LogP contribution in [0.1, 0.15) is 23.0 Å². The van der Waals surface area contributed by atoms with Crippen molar-refractivity contribution in [2.75, 3.05) is 44.4 Å². The number of aliphatic hydroxyl groups excluding tert-OH is 1. The van der Waals surface area contributed by atoms with Gasteiger partial charge in [0, 0.05) is 32.7 Å². The second-order valence-corrected chi connectivity index (χ2v) is 6.19. The van der Waals surface area contributed by atoms with Crippen molar-refractivity contribution in [1.29, 1.82) is 0 Å². The van der Waals surface area contributed by atoms with E-state index in [1.165, 1.54) is 11.3 Å². The van der Waals surface area contributed by atoms with Gasteiger partial charge in [-0.15, -0.1) is 0 Å². The Morgan fingerprint density at radius 2 is 2.48 bits per heavy atom. The van der Waals surface area contributed by atoms with Gasteiger partial charge in [-0.25, -0.2) is 4.98 Å². The Bertz CT molecular complexity index is 492. The highest BCUT2D eigenvalue weighted by Crippen LogP contribution is 2.29. The number of nitrogens with zero attached hydrogens (tertiary/aromatic N) is 2. The highest BCUT2D eigenvalue weighted by atomic mass is 32.1. The highest BCUT2D eigenvalue weighted by molar-refractivity contribution is 7.18. The first kappa shape index (κ1) is 16.0. The fourth-order valence-electron chi connectivity index (χ4n) is 2.33. The van der Waals surface area contributed by atoms with E-state index in [4.69, 9.17) is 10.5 Å². The van der Waals surface area contributed by atoms with Crippen molar-refractivity contribution in [1.82, 2.24) is 9.88 Å². The first-order chi connectivity index (χ1) is 10.0. The lowest BCUT2D eigenvalue weighted by molar-refractivity contribution is 0.0768.